The summed E-state index contributed by atoms with van der Waals surface area (Å²) in [5.74, 6) is 0.131. The maximum Gasteiger partial charge on any atom is 0.310 e. The van der Waals surface area contributed by atoms with E-state index in [1.807, 2.05) is 6.07 Å². The third-order valence-corrected chi connectivity index (χ3v) is 1.92. The van der Waals surface area contributed by atoms with Crippen LogP contribution in [0.5, 0.6) is 5.75 Å². The Hall–Kier alpha value is -2.09. The van der Waals surface area contributed by atoms with Gasteiger partial charge in [0.15, 0.2) is 0 Å². The molecule has 0 N–H and O–H groups in total. The smallest absolute Gasteiger partial charge is 0.310 e. The molecule has 0 fully saturated rings. The predicted octanol–water partition coefficient (Wildman–Crippen LogP) is 1.07. The average molecular weight is 220 g/mol. The fourth-order valence-electron chi connectivity index (χ4n) is 1.22. The van der Waals surface area contributed by atoms with Crippen LogP contribution in [0.1, 0.15) is 18.2 Å². The molecule has 0 saturated carbocycles. The molecule has 0 aromatic carbocycles. The summed E-state index contributed by atoms with van der Waals surface area (Å²) in [5.41, 5.74) is 0.865. The number of nitrogens with zero attached hydrogens (tertiary/aromatic N) is 2. The maximum absolute atomic E-state index is 11.3. The van der Waals surface area contributed by atoms with Crippen LogP contribution in [0.25, 0.3) is 0 Å². The molecule has 84 valence electrons. The molecule has 0 atom stereocenters. The van der Waals surface area contributed by atoms with Crippen molar-refractivity contribution in [2.45, 2.75) is 13.3 Å². The zero-order chi connectivity index (χ0) is 12.0. The van der Waals surface area contributed by atoms with E-state index in [1.54, 1.807) is 6.92 Å². The lowest BCUT2D eigenvalue weighted by atomic mass is 10.2. The van der Waals surface area contributed by atoms with Gasteiger partial charge in [-0.15, -0.1) is 0 Å². The van der Waals surface area contributed by atoms with Crippen LogP contribution in [-0.4, -0.2) is 24.7 Å². The number of nitriles is 1. The topological polar surface area (TPSA) is 72.2 Å². The highest BCUT2D eigenvalue weighted by atomic mass is 16.5. The number of aromatic nitrogens is 1. The quantitative estimate of drug-likeness (QED) is 0.709. The molecule has 0 amide bonds. The molecule has 5 heteroatoms. The van der Waals surface area contributed by atoms with Crippen LogP contribution < -0.4 is 4.74 Å². The normalized spacial score (nSPS) is 9.31. The fraction of sp³-hybridized carbons (Fsp3) is 0.364. The molecule has 16 heavy (non-hydrogen) atoms. The highest BCUT2D eigenvalue weighted by Gasteiger charge is 2.10. The van der Waals surface area contributed by atoms with E-state index in [0.717, 1.165) is 0 Å². The van der Waals surface area contributed by atoms with Crippen LogP contribution in [-0.2, 0) is 16.0 Å². The van der Waals surface area contributed by atoms with E-state index in [2.05, 4.69) is 4.98 Å². The summed E-state index contributed by atoms with van der Waals surface area (Å²) in [4.78, 5) is 15.1. The zero-order valence-corrected chi connectivity index (χ0v) is 9.19. The number of methoxy groups -OCH3 is 1. The van der Waals surface area contributed by atoms with E-state index in [4.69, 9.17) is 14.7 Å². The molecule has 1 rings (SSSR count). The van der Waals surface area contributed by atoms with Crippen LogP contribution in [0.3, 0.4) is 0 Å². The fourth-order valence-corrected chi connectivity index (χ4v) is 1.22. The van der Waals surface area contributed by atoms with Gasteiger partial charge in [0.2, 0.25) is 0 Å². The number of ether oxygens (including phenoxy) is 2. The van der Waals surface area contributed by atoms with Gasteiger partial charge in [0.25, 0.3) is 0 Å². The Morgan fingerprint density at radius 2 is 2.38 bits per heavy atom. The summed E-state index contributed by atoms with van der Waals surface area (Å²) in [6, 6.07) is 3.39. The second-order valence-electron chi connectivity index (χ2n) is 2.97. The highest BCUT2D eigenvalue weighted by Crippen LogP contribution is 2.18. The van der Waals surface area contributed by atoms with Crippen LogP contribution in [0.2, 0.25) is 0 Å². The molecule has 1 heterocycles. The summed E-state index contributed by atoms with van der Waals surface area (Å²) in [5, 5.41) is 8.65. The van der Waals surface area contributed by atoms with Crippen molar-refractivity contribution >= 4 is 5.97 Å². The predicted molar refractivity (Wildman–Crippen MR) is 55.8 cm³/mol. The van der Waals surface area contributed by atoms with Crippen molar-refractivity contribution in [2.75, 3.05) is 13.7 Å². The lowest BCUT2D eigenvalue weighted by Gasteiger charge is -2.07. The number of pyridine rings is 1. The number of esters is 1. The Balaban J connectivity index is 2.88. The van der Waals surface area contributed by atoms with Gasteiger partial charge in [-0.2, -0.15) is 5.26 Å². The Kier molecular flexibility index (Phi) is 4.28. The second kappa shape index (κ2) is 5.71. The number of carbonyl (C=O) groups excluding carboxylic acids is 1. The molecule has 1 aromatic heterocycles. The van der Waals surface area contributed by atoms with E-state index in [9.17, 15) is 4.79 Å². The number of carbonyl (C=O) groups is 1. The second-order valence-corrected chi connectivity index (χ2v) is 2.97. The van der Waals surface area contributed by atoms with Crippen molar-refractivity contribution in [2.24, 2.45) is 0 Å². The van der Waals surface area contributed by atoms with E-state index in [1.165, 1.54) is 19.4 Å². The third-order valence-electron chi connectivity index (χ3n) is 1.92. The lowest BCUT2D eigenvalue weighted by molar-refractivity contribution is -0.142. The van der Waals surface area contributed by atoms with Gasteiger partial charge in [-0.25, -0.2) is 4.98 Å². The molecule has 0 bridgehead atoms. The van der Waals surface area contributed by atoms with Gasteiger partial charge >= 0.3 is 5.97 Å². The van der Waals surface area contributed by atoms with E-state index >= 15 is 0 Å². The van der Waals surface area contributed by atoms with Crippen LogP contribution in [0, 0.1) is 11.3 Å². The molecule has 0 spiro atoms. The highest BCUT2D eigenvalue weighted by molar-refractivity contribution is 5.73. The first-order valence-corrected chi connectivity index (χ1v) is 4.79. The summed E-state index contributed by atoms with van der Waals surface area (Å²) < 4.78 is 9.88. The van der Waals surface area contributed by atoms with E-state index < -0.39 is 0 Å². The van der Waals surface area contributed by atoms with Gasteiger partial charge in [-0.05, 0) is 6.92 Å². The van der Waals surface area contributed by atoms with Gasteiger partial charge in [0.1, 0.15) is 17.5 Å². The van der Waals surface area contributed by atoms with Gasteiger partial charge in [0, 0.05) is 17.8 Å². The van der Waals surface area contributed by atoms with Crippen molar-refractivity contribution in [3.05, 3.63) is 23.5 Å². The van der Waals surface area contributed by atoms with Gasteiger partial charge < -0.3 is 9.47 Å². The van der Waals surface area contributed by atoms with Gasteiger partial charge in [0.05, 0.1) is 20.1 Å². The summed E-state index contributed by atoms with van der Waals surface area (Å²) in [7, 11) is 1.48. The lowest BCUT2D eigenvalue weighted by Crippen LogP contribution is -2.09. The van der Waals surface area contributed by atoms with Crippen LogP contribution >= 0.6 is 0 Å². The summed E-state index contributed by atoms with van der Waals surface area (Å²) in [6.07, 6.45) is 1.55. The van der Waals surface area contributed by atoms with E-state index in [0.29, 0.717) is 17.9 Å². The Labute approximate surface area is 93.6 Å². The van der Waals surface area contributed by atoms with Crippen molar-refractivity contribution in [3.63, 3.8) is 0 Å². The minimum atomic E-state index is -0.340. The first-order valence-electron chi connectivity index (χ1n) is 4.79. The standard InChI is InChI=1S/C11H12N2O3/c1-3-16-11(14)4-8-7-13-9(6-12)5-10(8)15-2/h5,7H,3-4H2,1-2H3. The average Bonchev–Trinajstić information content (AvgIpc) is 2.30. The maximum atomic E-state index is 11.3. The minimum absolute atomic E-state index is 0.0930. The molecule has 0 aliphatic rings. The molecule has 0 saturated heterocycles. The Morgan fingerprint density at radius 1 is 1.62 bits per heavy atom. The molecule has 0 radical (unpaired) electrons. The van der Waals surface area contributed by atoms with Crippen molar-refractivity contribution in [3.8, 4) is 11.8 Å². The first-order chi connectivity index (χ1) is 7.71. The summed E-state index contributed by atoms with van der Waals surface area (Å²) >= 11 is 0. The van der Waals surface area contributed by atoms with Crippen molar-refractivity contribution in [1.29, 1.82) is 5.26 Å². The Bertz CT molecular complexity index is 424. The molecule has 1 aromatic rings. The van der Waals surface area contributed by atoms with E-state index in [-0.39, 0.29) is 18.1 Å². The summed E-state index contributed by atoms with van der Waals surface area (Å²) in [6.45, 7) is 2.08. The third kappa shape index (κ3) is 2.95. The molecular weight excluding hydrogens is 208 g/mol. The Morgan fingerprint density at radius 3 is 2.94 bits per heavy atom. The largest absolute Gasteiger partial charge is 0.496 e. The molecule has 5 nitrogen and oxygen atoms in total. The first kappa shape index (κ1) is 12.0. The monoisotopic (exact) mass is 220 g/mol. The van der Waals surface area contributed by atoms with Crippen LogP contribution in [0.15, 0.2) is 12.3 Å². The van der Waals surface area contributed by atoms with Crippen molar-refractivity contribution in [1.82, 2.24) is 4.98 Å². The number of hydrogen-bond acceptors (Lipinski definition) is 5. The van der Waals surface area contributed by atoms with Crippen molar-refractivity contribution < 1.29 is 14.3 Å². The van der Waals surface area contributed by atoms with Gasteiger partial charge in [-0.3, -0.25) is 4.79 Å². The minimum Gasteiger partial charge on any atom is -0.496 e. The molecular formula is C11H12N2O3. The molecule has 0 unspecified atom stereocenters. The van der Waals surface area contributed by atoms with Gasteiger partial charge in [-0.1, -0.05) is 0 Å². The number of hydrogen-bond donors (Lipinski definition) is 0. The molecule has 0 aliphatic carbocycles. The zero-order valence-electron chi connectivity index (χ0n) is 9.19. The SMILES string of the molecule is CCOC(=O)Cc1cnc(C#N)cc1OC. The van der Waals surface area contributed by atoms with Crippen LogP contribution in [0.4, 0.5) is 0 Å². The molecule has 0 aliphatic heterocycles. The number of rotatable bonds is 4.